The lowest BCUT2D eigenvalue weighted by molar-refractivity contribution is 0.546. The van der Waals surface area contributed by atoms with Gasteiger partial charge >= 0.3 is 5.69 Å². The summed E-state index contributed by atoms with van der Waals surface area (Å²) in [6.45, 7) is 4.68. The number of aryl methyl sites for hydroxylation is 3. The van der Waals surface area contributed by atoms with E-state index in [0.717, 1.165) is 12.2 Å². The Balaban J connectivity index is 2.10. The zero-order valence-electron chi connectivity index (χ0n) is 10.5. The van der Waals surface area contributed by atoms with Crippen molar-refractivity contribution in [3.63, 3.8) is 0 Å². The van der Waals surface area contributed by atoms with Crippen LogP contribution >= 0.6 is 0 Å². The van der Waals surface area contributed by atoms with Crippen molar-refractivity contribution in [2.75, 3.05) is 0 Å². The van der Waals surface area contributed by atoms with Gasteiger partial charge in [-0.2, -0.15) is 0 Å². The predicted molar refractivity (Wildman–Crippen MR) is 66.0 cm³/mol. The molecule has 5 nitrogen and oxygen atoms in total. The van der Waals surface area contributed by atoms with Gasteiger partial charge in [0, 0.05) is 50.8 Å². The largest absolute Gasteiger partial charge is 0.338 e. The molecule has 0 radical (unpaired) electrons. The molecule has 0 atom stereocenters. The predicted octanol–water partition coefficient (Wildman–Crippen LogP) is 1.21. The Labute approximate surface area is 100 Å². The molecule has 0 aromatic carbocycles. The molecule has 17 heavy (non-hydrogen) atoms. The van der Waals surface area contributed by atoms with Gasteiger partial charge in [0.05, 0.1) is 0 Å². The van der Waals surface area contributed by atoms with Crippen LogP contribution in [0.25, 0.3) is 0 Å². The van der Waals surface area contributed by atoms with E-state index in [-0.39, 0.29) is 11.7 Å². The van der Waals surface area contributed by atoms with Crippen molar-refractivity contribution in [3.05, 3.63) is 41.1 Å². The summed E-state index contributed by atoms with van der Waals surface area (Å²) in [4.78, 5) is 16.2. The fourth-order valence-corrected chi connectivity index (χ4v) is 1.85. The second kappa shape index (κ2) is 4.61. The van der Waals surface area contributed by atoms with Gasteiger partial charge in [-0.05, 0) is 13.8 Å². The van der Waals surface area contributed by atoms with E-state index in [1.165, 1.54) is 0 Å². The van der Waals surface area contributed by atoms with Crippen LogP contribution in [0.4, 0.5) is 0 Å². The topological polar surface area (TPSA) is 44.8 Å². The molecule has 0 aliphatic rings. The second-order valence-electron chi connectivity index (χ2n) is 4.48. The molecule has 0 saturated heterocycles. The molecule has 0 N–H and O–H groups in total. The van der Waals surface area contributed by atoms with Crippen molar-refractivity contribution in [2.24, 2.45) is 7.05 Å². The maximum absolute atomic E-state index is 12.0. The normalized spacial score (nSPS) is 11.3. The number of hydrogen-bond acceptors (Lipinski definition) is 2. The highest BCUT2D eigenvalue weighted by atomic mass is 16.1. The average Bonchev–Trinajstić information content (AvgIpc) is 2.82. The molecule has 0 fully saturated rings. The van der Waals surface area contributed by atoms with E-state index in [0.29, 0.717) is 6.54 Å². The van der Waals surface area contributed by atoms with Crippen LogP contribution < -0.4 is 5.69 Å². The molecule has 0 amide bonds. The van der Waals surface area contributed by atoms with Crippen LogP contribution in [0.5, 0.6) is 0 Å². The summed E-state index contributed by atoms with van der Waals surface area (Å²) in [5.41, 5.74) is 0.0502. The fraction of sp³-hybridized carbons (Fsp3) is 0.500. The highest BCUT2D eigenvalue weighted by Gasteiger charge is 2.07. The highest BCUT2D eigenvalue weighted by molar-refractivity contribution is 4.92. The summed E-state index contributed by atoms with van der Waals surface area (Å²) in [6, 6.07) is 0.205. The molecular weight excluding hydrogens is 216 g/mol. The molecule has 2 rings (SSSR count). The molecule has 92 valence electrons. The third-order valence-electron chi connectivity index (χ3n) is 2.93. The maximum atomic E-state index is 12.0. The molecule has 0 aliphatic carbocycles. The lowest BCUT2D eigenvalue weighted by Gasteiger charge is -2.05. The van der Waals surface area contributed by atoms with E-state index < -0.39 is 0 Å². The zero-order valence-corrected chi connectivity index (χ0v) is 10.5. The molecule has 2 heterocycles. The van der Waals surface area contributed by atoms with Gasteiger partial charge in [-0.15, -0.1) is 0 Å². The van der Waals surface area contributed by atoms with Gasteiger partial charge in [-0.25, -0.2) is 9.78 Å². The average molecular weight is 234 g/mol. The number of imidazole rings is 2. The SMILES string of the molecule is CC(C)n1ccn(CCc2nccn2C)c1=O. The zero-order chi connectivity index (χ0) is 12.4. The minimum absolute atomic E-state index is 0.0502. The quantitative estimate of drug-likeness (QED) is 0.798. The summed E-state index contributed by atoms with van der Waals surface area (Å²) in [6.07, 6.45) is 8.14. The van der Waals surface area contributed by atoms with Gasteiger partial charge < -0.3 is 4.57 Å². The molecule has 0 spiro atoms. The van der Waals surface area contributed by atoms with Gasteiger partial charge in [0.2, 0.25) is 0 Å². The summed E-state index contributed by atoms with van der Waals surface area (Å²) in [5.74, 6) is 0.995. The van der Waals surface area contributed by atoms with Gasteiger partial charge in [-0.1, -0.05) is 0 Å². The van der Waals surface area contributed by atoms with E-state index in [9.17, 15) is 4.79 Å². The lowest BCUT2D eigenvalue weighted by atomic mass is 10.4. The van der Waals surface area contributed by atoms with Gasteiger partial charge in [0.1, 0.15) is 5.82 Å². The van der Waals surface area contributed by atoms with Crippen molar-refractivity contribution in [1.82, 2.24) is 18.7 Å². The number of nitrogens with zero attached hydrogens (tertiary/aromatic N) is 4. The Kier molecular flexibility index (Phi) is 3.17. The summed E-state index contributed by atoms with van der Waals surface area (Å²) in [5, 5.41) is 0. The summed E-state index contributed by atoms with van der Waals surface area (Å²) < 4.78 is 5.44. The van der Waals surface area contributed by atoms with E-state index >= 15 is 0 Å². The van der Waals surface area contributed by atoms with Crippen molar-refractivity contribution >= 4 is 0 Å². The van der Waals surface area contributed by atoms with Crippen LogP contribution in [0.15, 0.2) is 29.6 Å². The lowest BCUT2D eigenvalue weighted by Crippen LogP contribution is -2.26. The Hall–Kier alpha value is -1.78. The third-order valence-corrected chi connectivity index (χ3v) is 2.93. The van der Waals surface area contributed by atoms with Crippen LogP contribution in [0, 0.1) is 0 Å². The van der Waals surface area contributed by atoms with Crippen LogP contribution in [0.3, 0.4) is 0 Å². The molecule has 0 bridgehead atoms. The van der Waals surface area contributed by atoms with Gasteiger partial charge in [-0.3, -0.25) is 9.13 Å². The van der Waals surface area contributed by atoms with Crippen LogP contribution in [-0.4, -0.2) is 18.7 Å². The Morgan fingerprint density at radius 1 is 1.29 bits per heavy atom. The number of hydrogen-bond donors (Lipinski definition) is 0. The molecule has 2 aromatic rings. The first-order valence-corrected chi connectivity index (χ1v) is 5.83. The molecule has 0 aliphatic heterocycles. The second-order valence-corrected chi connectivity index (χ2v) is 4.48. The molecule has 0 unspecified atom stereocenters. The maximum Gasteiger partial charge on any atom is 0.328 e. The first-order valence-electron chi connectivity index (χ1n) is 5.83. The van der Waals surface area contributed by atoms with E-state index in [4.69, 9.17) is 0 Å². The van der Waals surface area contributed by atoms with Crippen molar-refractivity contribution in [3.8, 4) is 0 Å². The minimum atomic E-state index is 0.0502. The summed E-state index contributed by atoms with van der Waals surface area (Å²) >= 11 is 0. The minimum Gasteiger partial charge on any atom is -0.338 e. The molecule has 0 saturated carbocycles. The standard InChI is InChI=1S/C12H18N4O/c1-10(2)16-9-8-15(12(16)17)6-4-11-13-5-7-14(11)3/h5,7-10H,4,6H2,1-3H3. The van der Waals surface area contributed by atoms with Gasteiger partial charge in [0.15, 0.2) is 0 Å². The van der Waals surface area contributed by atoms with Crippen LogP contribution in [0.1, 0.15) is 25.7 Å². The molecular formula is C12H18N4O. The number of rotatable bonds is 4. The highest BCUT2D eigenvalue weighted by Crippen LogP contribution is 2.01. The Bertz CT molecular complexity index is 547. The third kappa shape index (κ3) is 2.33. The summed E-state index contributed by atoms with van der Waals surface area (Å²) in [7, 11) is 1.96. The van der Waals surface area contributed by atoms with E-state index in [1.54, 1.807) is 15.3 Å². The van der Waals surface area contributed by atoms with Crippen LogP contribution in [0.2, 0.25) is 0 Å². The van der Waals surface area contributed by atoms with Crippen molar-refractivity contribution in [2.45, 2.75) is 32.9 Å². The monoisotopic (exact) mass is 234 g/mol. The first-order chi connectivity index (χ1) is 8.09. The van der Waals surface area contributed by atoms with E-state index in [1.807, 2.05) is 44.1 Å². The molecule has 5 heteroatoms. The van der Waals surface area contributed by atoms with E-state index in [2.05, 4.69) is 4.98 Å². The van der Waals surface area contributed by atoms with Crippen molar-refractivity contribution < 1.29 is 0 Å². The fourth-order valence-electron chi connectivity index (χ4n) is 1.85. The van der Waals surface area contributed by atoms with Gasteiger partial charge in [0.25, 0.3) is 0 Å². The smallest absolute Gasteiger partial charge is 0.328 e. The Morgan fingerprint density at radius 2 is 2.06 bits per heavy atom. The van der Waals surface area contributed by atoms with Crippen LogP contribution in [-0.2, 0) is 20.0 Å². The Morgan fingerprint density at radius 3 is 2.59 bits per heavy atom. The number of aromatic nitrogens is 4. The van der Waals surface area contributed by atoms with Crippen molar-refractivity contribution in [1.29, 1.82) is 0 Å². The first kappa shape index (κ1) is 11.7. The molecule has 2 aromatic heterocycles.